The van der Waals surface area contributed by atoms with Crippen LogP contribution in [0.1, 0.15) is 5.82 Å². The van der Waals surface area contributed by atoms with Crippen molar-refractivity contribution in [1.29, 1.82) is 0 Å². The molecule has 1 aromatic carbocycles. The van der Waals surface area contributed by atoms with Gasteiger partial charge in [-0.05, 0) is 12.1 Å². The van der Waals surface area contributed by atoms with Gasteiger partial charge in [-0.15, -0.1) is 0 Å². The number of hydrogen-bond acceptors (Lipinski definition) is 4. The van der Waals surface area contributed by atoms with Crippen LogP contribution in [0, 0.1) is 0 Å². The second-order valence-corrected chi connectivity index (χ2v) is 6.02. The lowest BCUT2D eigenvalue weighted by Gasteiger charge is -2.22. The molecule has 0 bridgehead atoms. The molecule has 0 spiro atoms. The Labute approximate surface area is 117 Å². The summed E-state index contributed by atoms with van der Waals surface area (Å²) < 4.78 is 7.45. The summed E-state index contributed by atoms with van der Waals surface area (Å²) in [5, 5.41) is 3.56. The molecule has 0 saturated carbocycles. The van der Waals surface area contributed by atoms with Gasteiger partial charge in [0.25, 0.3) is 0 Å². The fourth-order valence-electron chi connectivity index (χ4n) is 2.51. The van der Waals surface area contributed by atoms with Crippen molar-refractivity contribution in [2.24, 2.45) is 7.05 Å². The summed E-state index contributed by atoms with van der Waals surface area (Å²) in [7, 11) is 3.78. The van der Waals surface area contributed by atoms with E-state index in [0.717, 1.165) is 30.1 Å². The van der Waals surface area contributed by atoms with Gasteiger partial charge >= 0.3 is 0 Å². The van der Waals surface area contributed by atoms with E-state index in [-0.39, 0.29) is 0 Å². The van der Waals surface area contributed by atoms with Gasteiger partial charge in [-0.2, -0.15) is 11.8 Å². The van der Waals surface area contributed by atoms with Crippen molar-refractivity contribution in [2.45, 2.75) is 12.5 Å². The minimum atomic E-state index is 0.538. The second-order valence-electron chi connectivity index (χ2n) is 4.87. The van der Waals surface area contributed by atoms with Gasteiger partial charge in [0.1, 0.15) is 11.6 Å². The molecule has 3 rings (SSSR count). The smallest absolute Gasteiger partial charge is 0.121 e. The van der Waals surface area contributed by atoms with Gasteiger partial charge in [0.2, 0.25) is 0 Å². The minimum absolute atomic E-state index is 0.538. The van der Waals surface area contributed by atoms with Crippen LogP contribution in [0.5, 0.6) is 5.75 Å². The molecule has 1 aliphatic rings. The van der Waals surface area contributed by atoms with Crippen molar-refractivity contribution in [3.63, 3.8) is 0 Å². The third-order valence-electron chi connectivity index (χ3n) is 3.61. The first kappa shape index (κ1) is 12.8. The van der Waals surface area contributed by atoms with E-state index in [1.165, 1.54) is 17.0 Å². The molecule has 0 aliphatic carbocycles. The molecule has 1 saturated heterocycles. The average molecular weight is 277 g/mol. The maximum atomic E-state index is 5.26. The van der Waals surface area contributed by atoms with Crippen LogP contribution in [0.2, 0.25) is 0 Å². The van der Waals surface area contributed by atoms with Crippen molar-refractivity contribution in [2.75, 3.05) is 25.2 Å². The predicted octanol–water partition coefficient (Wildman–Crippen LogP) is 1.83. The standard InChI is InChI=1S/C14H19N3OS/c1-17-13-4-3-11(18-2)8-12(13)16-14(17)7-10-9-19-6-5-15-10/h3-4,8,10,15H,5-7,9H2,1-2H3. The third-order valence-corrected chi connectivity index (χ3v) is 4.74. The van der Waals surface area contributed by atoms with E-state index in [4.69, 9.17) is 9.72 Å². The molecule has 0 radical (unpaired) electrons. The Morgan fingerprint density at radius 2 is 2.42 bits per heavy atom. The van der Waals surface area contributed by atoms with Crippen LogP contribution in [0.25, 0.3) is 11.0 Å². The van der Waals surface area contributed by atoms with Gasteiger partial charge in [0.05, 0.1) is 18.1 Å². The van der Waals surface area contributed by atoms with E-state index in [1.807, 2.05) is 23.9 Å². The maximum Gasteiger partial charge on any atom is 0.121 e. The molecule has 0 amide bonds. The zero-order valence-electron chi connectivity index (χ0n) is 11.3. The Hall–Kier alpha value is -1.20. The number of nitrogens with zero attached hydrogens (tertiary/aromatic N) is 2. The van der Waals surface area contributed by atoms with Crippen molar-refractivity contribution < 1.29 is 4.74 Å². The molecular formula is C14H19N3OS. The summed E-state index contributed by atoms with van der Waals surface area (Å²) in [5.41, 5.74) is 2.18. The van der Waals surface area contributed by atoms with Gasteiger partial charge in [0.15, 0.2) is 0 Å². The van der Waals surface area contributed by atoms with Gasteiger partial charge in [-0.3, -0.25) is 0 Å². The van der Waals surface area contributed by atoms with Gasteiger partial charge in [-0.1, -0.05) is 0 Å². The van der Waals surface area contributed by atoms with Gasteiger partial charge < -0.3 is 14.6 Å². The van der Waals surface area contributed by atoms with Crippen molar-refractivity contribution in [1.82, 2.24) is 14.9 Å². The molecule has 1 unspecified atom stereocenters. The average Bonchev–Trinajstić information content (AvgIpc) is 2.76. The molecule has 4 nitrogen and oxygen atoms in total. The Kier molecular flexibility index (Phi) is 3.66. The van der Waals surface area contributed by atoms with Gasteiger partial charge in [0, 0.05) is 43.6 Å². The molecule has 102 valence electrons. The highest BCUT2D eigenvalue weighted by atomic mass is 32.2. The fraction of sp³-hybridized carbons (Fsp3) is 0.500. The van der Waals surface area contributed by atoms with Crippen LogP contribution in [0.15, 0.2) is 18.2 Å². The summed E-state index contributed by atoms with van der Waals surface area (Å²) in [5.74, 6) is 4.40. The van der Waals surface area contributed by atoms with Crippen LogP contribution < -0.4 is 10.1 Å². The largest absolute Gasteiger partial charge is 0.497 e. The highest BCUT2D eigenvalue weighted by Crippen LogP contribution is 2.22. The zero-order valence-corrected chi connectivity index (χ0v) is 12.2. The Bertz CT molecular complexity index is 575. The number of nitrogens with one attached hydrogen (secondary N) is 1. The topological polar surface area (TPSA) is 39.1 Å². The van der Waals surface area contributed by atoms with E-state index >= 15 is 0 Å². The highest BCUT2D eigenvalue weighted by molar-refractivity contribution is 7.99. The Morgan fingerprint density at radius 1 is 1.53 bits per heavy atom. The van der Waals surface area contributed by atoms with Crippen molar-refractivity contribution >= 4 is 22.8 Å². The monoisotopic (exact) mass is 277 g/mol. The van der Waals surface area contributed by atoms with Gasteiger partial charge in [-0.25, -0.2) is 4.98 Å². The van der Waals surface area contributed by atoms with Crippen molar-refractivity contribution in [3.05, 3.63) is 24.0 Å². The number of aryl methyl sites for hydroxylation is 1. The van der Waals surface area contributed by atoms with Crippen molar-refractivity contribution in [3.8, 4) is 5.75 Å². The molecular weight excluding hydrogens is 258 g/mol. The number of rotatable bonds is 3. The first-order valence-electron chi connectivity index (χ1n) is 6.58. The number of benzene rings is 1. The minimum Gasteiger partial charge on any atom is -0.497 e. The lowest BCUT2D eigenvalue weighted by molar-refractivity contribution is 0.415. The first-order valence-corrected chi connectivity index (χ1v) is 7.74. The number of fused-ring (bicyclic) bond motifs is 1. The van der Waals surface area contributed by atoms with E-state index in [2.05, 4.69) is 23.0 Å². The maximum absolute atomic E-state index is 5.26. The Balaban J connectivity index is 1.88. The molecule has 1 aromatic heterocycles. The quantitative estimate of drug-likeness (QED) is 0.929. The zero-order chi connectivity index (χ0) is 13.2. The van der Waals surface area contributed by atoms with Crippen LogP contribution >= 0.6 is 11.8 Å². The number of methoxy groups -OCH3 is 1. The number of thioether (sulfide) groups is 1. The Morgan fingerprint density at radius 3 is 3.16 bits per heavy atom. The SMILES string of the molecule is COc1ccc2c(c1)nc(CC1CSCCN1)n2C. The molecule has 1 aliphatic heterocycles. The number of ether oxygens (including phenoxy) is 1. The number of imidazole rings is 1. The fourth-order valence-corrected chi connectivity index (χ4v) is 3.46. The molecule has 1 N–H and O–H groups in total. The first-order chi connectivity index (χ1) is 9.28. The summed E-state index contributed by atoms with van der Waals surface area (Å²) in [6.07, 6.45) is 0.987. The lowest BCUT2D eigenvalue weighted by atomic mass is 10.2. The molecule has 1 fully saturated rings. The summed E-state index contributed by atoms with van der Waals surface area (Å²) in [6.45, 7) is 1.10. The number of aromatic nitrogens is 2. The molecule has 2 heterocycles. The van der Waals surface area contributed by atoms with Crippen LogP contribution in [0.3, 0.4) is 0 Å². The predicted molar refractivity (Wildman–Crippen MR) is 80.1 cm³/mol. The van der Waals surface area contributed by atoms with E-state index in [9.17, 15) is 0 Å². The third kappa shape index (κ3) is 2.58. The van der Waals surface area contributed by atoms with E-state index < -0.39 is 0 Å². The van der Waals surface area contributed by atoms with Crippen LogP contribution in [0.4, 0.5) is 0 Å². The summed E-state index contributed by atoms with van der Waals surface area (Å²) in [6, 6.07) is 6.61. The molecule has 19 heavy (non-hydrogen) atoms. The summed E-state index contributed by atoms with van der Waals surface area (Å²) >= 11 is 2.02. The normalized spacial score (nSPS) is 19.8. The number of hydrogen-bond donors (Lipinski definition) is 1. The highest BCUT2D eigenvalue weighted by Gasteiger charge is 2.17. The van der Waals surface area contributed by atoms with Crippen LogP contribution in [-0.4, -0.2) is 40.8 Å². The lowest BCUT2D eigenvalue weighted by Crippen LogP contribution is -2.39. The van der Waals surface area contributed by atoms with E-state index in [1.54, 1.807) is 7.11 Å². The molecule has 5 heteroatoms. The summed E-state index contributed by atoms with van der Waals surface area (Å²) in [4.78, 5) is 4.75. The van der Waals surface area contributed by atoms with Crippen LogP contribution in [-0.2, 0) is 13.5 Å². The molecule has 2 aromatic rings. The molecule has 1 atom stereocenters. The second kappa shape index (κ2) is 5.43. The van der Waals surface area contributed by atoms with E-state index in [0.29, 0.717) is 6.04 Å².